The monoisotopic (exact) mass is 352 g/mol. The van der Waals surface area contributed by atoms with E-state index in [9.17, 15) is 0 Å². The van der Waals surface area contributed by atoms with Crippen molar-refractivity contribution in [3.8, 4) is 0 Å². The second-order valence-electron chi connectivity index (χ2n) is 6.85. The van der Waals surface area contributed by atoms with Crippen LogP contribution in [0.2, 0.25) is 0 Å². The molecular weight excluding hydrogens is 324 g/mol. The summed E-state index contributed by atoms with van der Waals surface area (Å²) in [5, 5.41) is 3.78. The van der Waals surface area contributed by atoms with Gasteiger partial charge in [0.2, 0.25) is 0 Å². The zero-order valence-electron chi connectivity index (χ0n) is 14.0. The van der Waals surface area contributed by atoms with E-state index < -0.39 is 0 Å². The number of rotatable bonds is 4. The van der Waals surface area contributed by atoms with Crippen LogP contribution in [0.1, 0.15) is 39.7 Å². The van der Waals surface area contributed by atoms with Crippen molar-refractivity contribution >= 4 is 21.6 Å². The molecule has 1 aromatic carbocycles. The van der Waals surface area contributed by atoms with Gasteiger partial charge in [-0.05, 0) is 42.5 Å². The number of piperazine rings is 1. The van der Waals surface area contributed by atoms with Crippen molar-refractivity contribution < 1.29 is 0 Å². The molecule has 1 aliphatic heterocycles. The van der Waals surface area contributed by atoms with Crippen molar-refractivity contribution in [3.63, 3.8) is 0 Å². The van der Waals surface area contributed by atoms with Crippen molar-refractivity contribution in [1.82, 2.24) is 5.32 Å². The molecule has 3 atom stereocenters. The Labute approximate surface area is 138 Å². The maximum atomic E-state index is 3.78. The summed E-state index contributed by atoms with van der Waals surface area (Å²) in [4.78, 5) is 2.62. The summed E-state index contributed by atoms with van der Waals surface area (Å²) in [5.74, 6) is 1.36. The highest BCUT2D eigenvalue weighted by Gasteiger charge is 2.32. The number of aryl methyl sites for hydroxylation is 1. The van der Waals surface area contributed by atoms with Gasteiger partial charge in [-0.1, -0.05) is 50.0 Å². The Bertz CT molecular complexity index is 452. The minimum atomic E-state index is 0.569. The van der Waals surface area contributed by atoms with E-state index in [-0.39, 0.29) is 0 Å². The Hall–Kier alpha value is -0.540. The highest BCUT2D eigenvalue weighted by atomic mass is 79.9. The number of hydrogen-bond acceptors (Lipinski definition) is 2. The lowest BCUT2D eigenvalue weighted by atomic mass is 9.91. The van der Waals surface area contributed by atoms with Gasteiger partial charge >= 0.3 is 0 Å². The number of nitrogens with zero attached hydrogens (tertiary/aromatic N) is 1. The van der Waals surface area contributed by atoms with E-state index in [0.29, 0.717) is 23.9 Å². The van der Waals surface area contributed by atoms with Gasteiger partial charge in [-0.15, -0.1) is 0 Å². The van der Waals surface area contributed by atoms with Gasteiger partial charge in [0, 0.05) is 35.3 Å². The summed E-state index contributed by atoms with van der Waals surface area (Å²) < 4.78 is 1.18. The lowest BCUT2D eigenvalue weighted by molar-refractivity contribution is 0.281. The third-order valence-corrected chi connectivity index (χ3v) is 5.30. The number of benzene rings is 1. The molecule has 0 aliphatic carbocycles. The van der Waals surface area contributed by atoms with Crippen LogP contribution in [0.3, 0.4) is 0 Å². The van der Waals surface area contributed by atoms with E-state index in [1.54, 1.807) is 0 Å². The van der Waals surface area contributed by atoms with Crippen molar-refractivity contribution in [2.45, 2.75) is 53.1 Å². The minimum Gasteiger partial charge on any atom is -0.365 e. The van der Waals surface area contributed by atoms with E-state index in [2.05, 4.69) is 79.0 Å². The fourth-order valence-corrected chi connectivity index (χ4v) is 3.83. The molecule has 0 aromatic heterocycles. The van der Waals surface area contributed by atoms with Crippen LogP contribution in [-0.4, -0.2) is 25.2 Å². The molecule has 0 saturated carbocycles. The molecule has 1 N–H and O–H groups in total. The van der Waals surface area contributed by atoms with E-state index >= 15 is 0 Å². The molecule has 1 fully saturated rings. The van der Waals surface area contributed by atoms with Crippen LogP contribution in [0, 0.1) is 18.8 Å². The fraction of sp³-hybridized carbons (Fsp3) is 0.667. The molecule has 1 saturated heterocycles. The van der Waals surface area contributed by atoms with E-state index in [1.165, 1.54) is 22.1 Å². The first-order valence-electron chi connectivity index (χ1n) is 8.19. The standard InChI is InChI=1S/C18H29BrN2/c1-6-14(5)17-11-21(18(10-20-17)12(2)3)16-8-13(4)7-15(19)9-16/h7-9,12,14,17-18,20H,6,10-11H2,1-5H3. The van der Waals surface area contributed by atoms with Crippen LogP contribution in [0.5, 0.6) is 0 Å². The maximum Gasteiger partial charge on any atom is 0.0438 e. The molecule has 118 valence electrons. The predicted octanol–water partition coefficient (Wildman–Crippen LogP) is 4.61. The van der Waals surface area contributed by atoms with Gasteiger partial charge < -0.3 is 10.2 Å². The van der Waals surface area contributed by atoms with Gasteiger partial charge in [0.1, 0.15) is 0 Å². The summed E-state index contributed by atoms with van der Waals surface area (Å²) in [6, 6.07) is 7.92. The summed E-state index contributed by atoms with van der Waals surface area (Å²) in [6.45, 7) is 13.7. The van der Waals surface area contributed by atoms with Gasteiger partial charge in [-0.25, -0.2) is 0 Å². The Morgan fingerprint density at radius 1 is 1.29 bits per heavy atom. The second-order valence-corrected chi connectivity index (χ2v) is 7.77. The van der Waals surface area contributed by atoms with E-state index in [0.717, 1.165) is 13.1 Å². The Morgan fingerprint density at radius 3 is 2.57 bits per heavy atom. The molecule has 1 aliphatic rings. The summed E-state index contributed by atoms with van der Waals surface area (Å²) in [6.07, 6.45) is 1.23. The molecule has 1 heterocycles. The smallest absolute Gasteiger partial charge is 0.0438 e. The van der Waals surface area contributed by atoms with Crippen LogP contribution in [0.15, 0.2) is 22.7 Å². The van der Waals surface area contributed by atoms with Crippen LogP contribution in [0.25, 0.3) is 0 Å². The normalized spacial score (nSPS) is 24.4. The summed E-state index contributed by atoms with van der Waals surface area (Å²) in [7, 11) is 0. The molecule has 1 aromatic rings. The Kier molecular flexibility index (Phi) is 5.73. The van der Waals surface area contributed by atoms with Crippen LogP contribution in [0.4, 0.5) is 5.69 Å². The summed E-state index contributed by atoms with van der Waals surface area (Å²) >= 11 is 3.65. The fourth-order valence-electron chi connectivity index (χ4n) is 3.24. The molecule has 0 spiro atoms. The Morgan fingerprint density at radius 2 is 2.00 bits per heavy atom. The van der Waals surface area contributed by atoms with Gasteiger partial charge in [0.05, 0.1) is 0 Å². The van der Waals surface area contributed by atoms with E-state index in [1.807, 2.05) is 0 Å². The van der Waals surface area contributed by atoms with Gasteiger partial charge in [-0.3, -0.25) is 0 Å². The van der Waals surface area contributed by atoms with Crippen LogP contribution in [-0.2, 0) is 0 Å². The molecule has 0 amide bonds. The first-order chi connectivity index (χ1) is 9.92. The molecule has 3 unspecified atom stereocenters. The third-order valence-electron chi connectivity index (χ3n) is 4.84. The van der Waals surface area contributed by atoms with Crippen molar-refractivity contribution in [1.29, 1.82) is 0 Å². The number of hydrogen-bond donors (Lipinski definition) is 1. The zero-order chi connectivity index (χ0) is 15.6. The van der Waals surface area contributed by atoms with Crippen molar-refractivity contribution in [3.05, 3.63) is 28.2 Å². The summed E-state index contributed by atoms with van der Waals surface area (Å²) in [5.41, 5.74) is 2.68. The minimum absolute atomic E-state index is 0.569. The average Bonchev–Trinajstić information content (AvgIpc) is 2.44. The van der Waals surface area contributed by atoms with Crippen LogP contribution >= 0.6 is 15.9 Å². The molecule has 3 heteroatoms. The van der Waals surface area contributed by atoms with Gasteiger partial charge in [0.15, 0.2) is 0 Å². The maximum absolute atomic E-state index is 3.78. The molecule has 21 heavy (non-hydrogen) atoms. The van der Waals surface area contributed by atoms with Crippen molar-refractivity contribution in [2.75, 3.05) is 18.0 Å². The first kappa shape index (κ1) is 16.8. The molecule has 0 bridgehead atoms. The number of nitrogens with one attached hydrogen (secondary N) is 1. The van der Waals surface area contributed by atoms with E-state index in [4.69, 9.17) is 0 Å². The number of halogens is 1. The Balaban J connectivity index is 2.29. The topological polar surface area (TPSA) is 15.3 Å². The molecular formula is C18H29BrN2. The largest absolute Gasteiger partial charge is 0.365 e. The molecule has 0 radical (unpaired) electrons. The quantitative estimate of drug-likeness (QED) is 0.851. The SMILES string of the molecule is CCC(C)C1CN(c2cc(C)cc(Br)c2)C(C(C)C)CN1. The third kappa shape index (κ3) is 4.01. The lowest BCUT2D eigenvalue weighted by Gasteiger charge is -2.45. The molecule has 2 nitrogen and oxygen atoms in total. The number of anilines is 1. The average molecular weight is 353 g/mol. The lowest BCUT2D eigenvalue weighted by Crippen LogP contribution is -2.60. The first-order valence-corrected chi connectivity index (χ1v) is 8.98. The zero-order valence-corrected chi connectivity index (χ0v) is 15.6. The highest BCUT2D eigenvalue weighted by Crippen LogP contribution is 2.29. The second kappa shape index (κ2) is 7.15. The van der Waals surface area contributed by atoms with Gasteiger partial charge in [-0.2, -0.15) is 0 Å². The van der Waals surface area contributed by atoms with Crippen LogP contribution < -0.4 is 10.2 Å². The highest BCUT2D eigenvalue weighted by molar-refractivity contribution is 9.10. The van der Waals surface area contributed by atoms with Crippen molar-refractivity contribution in [2.24, 2.45) is 11.8 Å². The van der Waals surface area contributed by atoms with Gasteiger partial charge in [0.25, 0.3) is 0 Å². The predicted molar refractivity (Wildman–Crippen MR) is 96.1 cm³/mol. The molecule has 2 rings (SSSR count).